The summed E-state index contributed by atoms with van der Waals surface area (Å²) in [6.45, 7) is 19.5. The molecule has 43 heavy (non-hydrogen) atoms. The lowest BCUT2D eigenvalue weighted by Gasteiger charge is -2.31. The van der Waals surface area contributed by atoms with Gasteiger partial charge in [-0.2, -0.15) is 0 Å². The SMILES string of the molecule is C=C/C=C\C(=C)C(=C)/C(=C\C=C)NC(=O)OC1CCN(CCc2ccc(CCNCc3cc(Cl)c(O)c(Cl)c3)cc2)CC1. The fraction of sp³-hybridized carbons (Fsp3) is 0.286. The molecule has 0 saturated carbocycles. The largest absolute Gasteiger partial charge is 0.505 e. The summed E-state index contributed by atoms with van der Waals surface area (Å²) >= 11 is 12.0. The van der Waals surface area contributed by atoms with Crippen molar-refractivity contribution >= 4 is 29.3 Å². The number of benzene rings is 2. The number of aromatic hydroxyl groups is 1. The van der Waals surface area contributed by atoms with Crippen molar-refractivity contribution in [2.75, 3.05) is 26.2 Å². The topological polar surface area (TPSA) is 73.8 Å². The molecule has 2 aromatic carbocycles. The van der Waals surface area contributed by atoms with Crippen LogP contribution in [0.1, 0.15) is 29.5 Å². The molecule has 0 unspecified atom stereocenters. The second-order valence-electron chi connectivity index (χ2n) is 10.4. The number of nitrogens with one attached hydrogen (secondary N) is 2. The summed E-state index contributed by atoms with van der Waals surface area (Å²) in [4.78, 5) is 15.0. The van der Waals surface area contributed by atoms with Crippen LogP contribution in [0.4, 0.5) is 4.79 Å². The standard InChI is InChI=1S/C35H41Cl2N3O3/c1-5-7-9-25(3)26(4)33(8-6-2)39-35(42)43-30-16-20-40(21-17-30)19-15-28-12-10-27(11-13-28)14-18-38-24-29-22-31(36)34(41)32(37)23-29/h5-13,22-23,30,38,41H,1-4,14-21,24H2,(H,39,42)/b9-7-,33-8+. The molecule has 0 aromatic heterocycles. The number of rotatable bonds is 15. The smallest absolute Gasteiger partial charge is 0.411 e. The first kappa shape index (κ1) is 33.9. The molecule has 2 aromatic rings. The van der Waals surface area contributed by atoms with Crippen molar-refractivity contribution in [1.29, 1.82) is 0 Å². The normalized spacial score (nSPS) is 14.4. The first-order chi connectivity index (χ1) is 20.7. The van der Waals surface area contributed by atoms with Crippen molar-refractivity contribution in [3.63, 3.8) is 0 Å². The Balaban J connectivity index is 1.34. The summed E-state index contributed by atoms with van der Waals surface area (Å²) in [6, 6.07) is 12.2. The first-order valence-electron chi connectivity index (χ1n) is 14.4. The molecule has 228 valence electrons. The van der Waals surface area contributed by atoms with Crippen LogP contribution in [0.5, 0.6) is 5.75 Å². The van der Waals surface area contributed by atoms with Gasteiger partial charge in [-0.05, 0) is 78.3 Å². The van der Waals surface area contributed by atoms with Crippen molar-refractivity contribution in [2.45, 2.75) is 38.3 Å². The Bertz CT molecular complexity index is 1330. The third kappa shape index (κ3) is 11.2. The number of carbonyl (C=O) groups is 1. The van der Waals surface area contributed by atoms with Gasteiger partial charge >= 0.3 is 6.09 Å². The van der Waals surface area contributed by atoms with Gasteiger partial charge in [-0.3, -0.25) is 5.32 Å². The van der Waals surface area contributed by atoms with Crippen molar-refractivity contribution in [3.05, 3.63) is 137 Å². The number of allylic oxidation sites excluding steroid dienone is 6. The van der Waals surface area contributed by atoms with E-state index in [9.17, 15) is 9.90 Å². The van der Waals surface area contributed by atoms with Crippen LogP contribution in [0.2, 0.25) is 10.0 Å². The molecule has 1 aliphatic heterocycles. The Hall–Kier alpha value is -3.55. The highest BCUT2D eigenvalue weighted by molar-refractivity contribution is 6.37. The fourth-order valence-corrected chi connectivity index (χ4v) is 5.21. The number of piperidine rings is 1. The predicted molar refractivity (Wildman–Crippen MR) is 179 cm³/mol. The van der Waals surface area contributed by atoms with Crippen LogP contribution in [-0.2, 0) is 24.1 Å². The molecule has 0 spiro atoms. The molecule has 0 bridgehead atoms. The van der Waals surface area contributed by atoms with Crippen LogP contribution >= 0.6 is 23.2 Å². The van der Waals surface area contributed by atoms with Gasteiger partial charge in [0.2, 0.25) is 0 Å². The minimum absolute atomic E-state index is 0.0828. The van der Waals surface area contributed by atoms with Gasteiger partial charge in [0.15, 0.2) is 5.75 Å². The Morgan fingerprint density at radius 2 is 1.63 bits per heavy atom. The predicted octanol–water partition coefficient (Wildman–Crippen LogP) is 7.69. The summed E-state index contributed by atoms with van der Waals surface area (Å²) in [7, 11) is 0. The maximum Gasteiger partial charge on any atom is 0.411 e. The van der Waals surface area contributed by atoms with E-state index in [1.807, 2.05) is 0 Å². The maximum absolute atomic E-state index is 12.6. The Kier molecular flexibility index (Phi) is 13.8. The summed E-state index contributed by atoms with van der Waals surface area (Å²) in [5.74, 6) is -0.0828. The van der Waals surface area contributed by atoms with E-state index in [0.29, 0.717) is 23.4 Å². The molecule has 0 radical (unpaired) electrons. The van der Waals surface area contributed by atoms with Crippen LogP contribution in [0.25, 0.3) is 0 Å². The molecular weight excluding hydrogens is 581 g/mol. The van der Waals surface area contributed by atoms with Crippen LogP contribution < -0.4 is 10.6 Å². The number of halogens is 2. The number of phenols is 1. The average Bonchev–Trinajstić information content (AvgIpc) is 3.00. The van der Waals surface area contributed by atoms with E-state index in [1.165, 1.54) is 11.1 Å². The second kappa shape index (κ2) is 17.5. The second-order valence-corrected chi connectivity index (χ2v) is 11.2. The molecule has 1 saturated heterocycles. The lowest BCUT2D eigenvalue weighted by Crippen LogP contribution is -2.40. The van der Waals surface area contributed by atoms with Gasteiger partial charge in [-0.15, -0.1) is 0 Å². The van der Waals surface area contributed by atoms with Gasteiger partial charge in [0.25, 0.3) is 0 Å². The van der Waals surface area contributed by atoms with E-state index < -0.39 is 6.09 Å². The van der Waals surface area contributed by atoms with Crippen molar-refractivity contribution < 1.29 is 14.6 Å². The lowest BCUT2D eigenvalue weighted by atomic mass is 10.0. The minimum atomic E-state index is -0.502. The number of alkyl carbamates (subject to hydrolysis) is 1. The molecule has 6 nitrogen and oxygen atoms in total. The monoisotopic (exact) mass is 621 g/mol. The van der Waals surface area contributed by atoms with Gasteiger partial charge in [0, 0.05) is 26.2 Å². The summed E-state index contributed by atoms with van der Waals surface area (Å²) in [5, 5.41) is 16.4. The molecule has 0 atom stereocenters. The average molecular weight is 623 g/mol. The molecule has 3 N–H and O–H groups in total. The van der Waals surface area contributed by atoms with Crippen LogP contribution in [0, 0.1) is 0 Å². The highest BCUT2D eigenvalue weighted by atomic mass is 35.5. The summed E-state index contributed by atoms with van der Waals surface area (Å²) in [6.07, 6.45) is 11.3. The van der Waals surface area contributed by atoms with E-state index in [0.717, 1.165) is 57.4 Å². The molecular formula is C35H41Cl2N3O3. The van der Waals surface area contributed by atoms with Crippen molar-refractivity contribution in [1.82, 2.24) is 15.5 Å². The van der Waals surface area contributed by atoms with E-state index in [-0.39, 0.29) is 21.9 Å². The van der Waals surface area contributed by atoms with Crippen molar-refractivity contribution in [2.24, 2.45) is 0 Å². The van der Waals surface area contributed by atoms with Crippen LogP contribution in [0.15, 0.2) is 110 Å². The van der Waals surface area contributed by atoms with E-state index in [1.54, 1.807) is 42.5 Å². The first-order valence-corrected chi connectivity index (χ1v) is 15.1. The Morgan fingerprint density at radius 1 is 1.00 bits per heavy atom. The Labute approximate surface area is 265 Å². The van der Waals surface area contributed by atoms with E-state index in [2.05, 4.69) is 66.1 Å². The number of hydrogen-bond acceptors (Lipinski definition) is 5. The van der Waals surface area contributed by atoms with Crippen LogP contribution in [0.3, 0.4) is 0 Å². The number of nitrogens with zero attached hydrogens (tertiary/aromatic N) is 1. The molecule has 1 aliphatic rings. The zero-order valence-corrected chi connectivity index (χ0v) is 26.1. The molecule has 1 heterocycles. The van der Waals surface area contributed by atoms with Crippen LogP contribution in [-0.4, -0.2) is 48.4 Å². The van der Waals surface area contributed by atoms with E-state index in [4.69, 9.17) is 27.9 Å². The zero-order chi connectivity index (χ0) is 31.2. The van der Waals surface area contributed by atoms with Gasteiger partial charge in [0.1, 0.15) is 6.10 Å². The number of likely N-dealkylation sites (tertiary alicyclic amines) is 1. The van der Waals surface area contributed by atoms with Gasteiger partial charge in [-0.25, -0.2) is 4.79 Å². The summed E-state index contributed by atoms with van der Waals surface area (Å²) in [5.41, 5.74) is 5.24. The highest BCUT2D eigenvalue weighted by Crippen LogP contribution is 2.32. The third-order valence-corrected chi connectivity index (χ3v) is 7.79. The summed E-state index contributed by atoms with van der Waals surface area (Å²) < 4.78 is 5.70. The Morgan fingerprint density at radius 3 is 2.23 bits per heavy atom. The fourth-order valence-electron chi connectivity index (χ4n) is 4.68. The number of amides is 1. The highest BCUT2D eigenvalue weighted by Gasteiger charge is 2.23. The number of phenolic OH excluding ortho intramolecular Hbond substituents is 1. The van der Waals surface area contributed by atoms with Gasteiger partial charge in [-0.1, -0.05) is 98.1 Å². The van der Waals surface area contributed by atoms with Crippen molar-refractivity contribution in [3.8, 4) is 5.75 Å². The van der Waals surface area contributed by atoms with Gasteiger partial charge in [0.05, 0.1) is 15.7 Å². The number of hydrogen-bond donors (Lipinski definition) is 3. The molecule has 1 fully saturated rings. The number of carbonyl (C=O) groups excluding carboxylic acids is 1. The lowest BCUT2D eigenvalue weighted by molar-refractivity contribution is 0.0527. The minimum Gasteiger partial charge on any atom is -0.505 e. The maximum atomic E-state index is 12.6. The molecule has 0 aliphatic carbocycles. The van der Waals surface area contributed by atoms with Gasteiger partial charge < -0.3 is 20.1 Å². The van der Waals surface area contributed by atoms with E-state index >= 15 is 0 Å². The number of ether oxygens (including phenoxy) is 1. The molecule has 8 heteroatoms. The quantitative estimate of drug-likeness (QED) is 0.140. The molecule has 1 amide bonds. The zero-order valence-electron chi connectivity index (χ0n) is 24.6. The third-order valence-electron chi connectivity index (χ3n) is 7.21. The molecule has 3 rings (SSSR count).